The van der Waals surface area contributed by atoms with Crippen LogP contribution in [0.5, 0.6) is 0 Å². The SMILES string of the molecule is Cc1cc(C)n(C(=O)C2C[C@H]3C=C[C@@H]2C3)n1. The van der Waals surface area contributed by atoms with Crippen LogP contribution in [0, 0.1) is 31.6 Å². The molecule has 3 rings (SSSR count). The first kappa shape index (κ1) is 9.82. The van der Waals surface area contributed by atoms with E-state index >= 15 is 0 Å². The van der Waals surface area contributed by atoms with Crippen molar-refractivity contribution in [3.63, 3.8) is 0 Å². The molecule has 16 heavy (non-hydrogen) atoms. The molecule has 2 aliphatic carbocycles. The highest BCUT2D eigenvalue weighted by Gasteiger charge is 2.40. The van der Waals surface area contributed by atoms with E-state index < -0.39 is 0 Å². The van der Waals surface area contributed by atoms with E-state index in [0.717, 1.165) is 24.2 Å². The van der Waals surface area contributed by atoms with Gasteiger partial charge in [0.15, 0.2) is 0 Å². The second kappa shape index (κ2) is 3.30. The third-order valence-electron chi connectivity index (χ3n) is 3.81. The van der Waals surface area contributed by atoms with Crippen molar-refractivity contribution in [2.45, 2.75) is 26.7 Å². The first-order valence-electron chi connectivity index (χ1n) is 5.91. The van der Waals surface area contributed by atoms with Crippen molar-refractivity contribution in [3.05, 3.63) is 29.6 Å². The fourth-order valence-corrected chi connectivity index (χ4v) is 3.07. The van der Waals surface area contributed by atoms with Gasteiger partial charge in [0, 0.05) is 11.6 Å². The summed E-state index contributed by atoms with van der Waals surface area (Å²) in [7, 11) is 0. The van der Waals surface area contributed by atoms with Crippen LogP contribution in [-0.4, -0.2) is 15.7 Å². The van der Waals surface area contributed by atoms with Gasteiger partial charge in [-0.05, 0) is 44.6 Å². The molecule has 0 radical (unpaired) electrons. The van der Waals surface area contributed by atoms with Crippen LogP contribution < -0.4 is 0 Å². The quantitative estimate of drug-likeness (QED) is 0.675. The van der Waals surface area contributed by atoms with Crippen molar-refractivity contribution in [2.75, 3.05) is 0 Å². The predicted molar refractivity (Wildman–Crippen MR) is 61.2 cm³/mol. The molecule has 1 aromatic heterocycles. The molecule has 3 nitrogen and oxygen atoms in total. The van der Waals surface area contributed by atoms with Crippen LogP contribution in [0.25, 0.3) is 0 Å². The van der Waals surface area contributed by atoms with Gasteiger partial charge in [-0.25, -0.2) is 4.68 Å². The van der Waals surface area contributed by atoms with Crippen LogP contribution in [0.1, 0.15) is 29.0 Å². The van der Waals surface area contributed by atoms with E-state index in [0.29, 0.717) is 11.8 Å². The Balaban J connectivity index is 1.89. The Hall–Kier alpha value is -1.38. The number of aryl methyl sites for hydroxylation is 2. The molecule has 3 atom stereocenters. The summed E-state index contributed by atoms with van der Waals surface area (Å²) >= 11 is 0. The fraction of sp³-hybridized carbons (Fsp3) is 0.538. The minimum atomic E-state index is 0.160. The van der Waals surface area contributed by atoms with E-state index in [1.54, 1.807) is 4.68 Å². The largest absolute Gasteiger partial charge is 0.272 e. The summed E-state index contributed by atoms with van der Waals surface area (Å²) in [6.45, 7) is 3.87. The number of hydrogen-bond acceptors (Lipinski definition) is 2. The maximum absolute atomic E-state index is 12.3. The summed E-state index contributed by atoms with van der Waals surface area (Å²) in [5, 5.41) is 4.28. The van der Waals surface area contributed by atoms with Crippen molar-refractivity contribution >= 4 is 5.91 Å². The third kappa shape index (κ3) is 1.34. The van der Waals surface area contributed by atoms with Crippen LogP contribution in [0.15, 0.2) is 18.2 Å². The Morgan fingerprint density at radius 1 is 1.38 bits per heavy atom. The van der Waals surface area contributed by atoms with Crippen molar-refractivity contribution in [1.82, 2.24) is 9.78 Å². The van der Waals surface area contributed by atoms with E-state index in [1.165, 1.54) is 0 Å². The van der Waals surface area contributed by atoms with Gasteiger partial charge < -0.3 is 0 Å². The standard InChI is InChI=1S/C13H16N2O/c1-8-5-9(2)15(14-8)13(16)12-7-10-3-4-11(12)6-10/h3-5,10-12H,6-7H2,1-2H3/t10-,11+,12?/m0/s1. The Bertz CT molecular complexity index is 472. The molecule has 0 saturated heterocycles. The molecule has 0 spiro atoms. The average Bonchev–Trinajstić information content (AvgIpc) is 2.91. The number of carbonyl (C=O) groups excluding carboxylic acids is 1. The first-order valence-corrected chi connectivity index (χ1v) is 5.91. The number of carbonyl (C=O) groups is 1. The van der Waals surface area contributed by atoms with Gasteiger partial charge in [0.25, 0.3) is 5.91 Å². The number of nitrogens with zero attached hydrogens (tertiary/aromatic N) is 2. The minimum absolute atomic E-state index is 0.160. The van der Waals surface area contributed by atoms with Gasteiger partial charge in [0.05, 0.1) is 5.69 Å². The van der Waals surface area contributed by atoms with Crippen LogP contribution in [-0.2, 0) is 0 Å². The maximum Gasteiger partial charge on any atom is 0.250 e. The molecule has 1 saturated carbocycles. The van der Waals surface area contributed by atoms with Gasteiger partial charge >= 0.3 is 0 Å². The lowest BCUT2D eigenvalue weighted by molar-refractivity contribution is 0.0794. The Labute approximate surface area is 95.1 Å². The molecule has 3 heteroatoms. The second-order valence-electron chi connectivity index (χ2n) is 5.06. The summed E-state index contributed by atoms with van der Waals surface area (Å²) in [6.07, 6.45) is 6.64. The summed E-state index contributed by atoms with van der Waals surface area (Å²) < 4.78 is 1.59. The highest BCUT2D eigenvalue weighted by Crippen LogP contribution is 2.44. The molecule has 1 unspecified atom stereocenters. The van der Waals surface area contributed by atoms with E-state index in [-0.39, 0.29) is 11.8 Å². The summed E-state index contributed by atoms with van der Waals surface area (Å²) in [5.74, 6) is 1.44. The first-order chi connectivity index (χ1) is 7.65. The highest BCUT2D eigenvalue weighted by atomic mass is 16.2. The summed E-state index contributed by atoms with van der Waals surface area (Å²) in [6, 6.07) is 1.96. The van der Waals surface area contributed by atoms with Gasteiger partial charge in [-0.2, -0.15) is 5.10 Å². The van der Waals surface area contributed by atoms with E-state index in [9.17, 15) is 4.79 Å². The predicted octanol–water partition coefficient (Wildman–Crippen LogP) is 2.35. The number of fused-ring (bicyclic) bond motifs is 2. The van der Waals surface area contributed by atoms with Crippen LogP contribution in [0.3, 0.4) is 0 Å². The minimum Gasteiger partial charge on any atom is -0.272 e. The molecule has 1 fully saturated rings. The molecule has 0 amide bonds. The van der Waals surface area contributed by atoms with Gasteiger partial charge in [-0.3, -0.25) is 4.79 Å². The lowest BCUT2D eigenvalue weighted by Gasteiger charge is -2.16. The van der Waals surface area contributed by atoms with Gasteiger partial charge in [0.1, 0.15) is 0 Å². The average molecular weight is 216 g/mol. The zero-order valence-electron chi connectivity index (χ0n) is 9.68. The molecule has 1 aromatic rings. The molecular weight excluding hydrogens is 200 g/mol. The number of allylic oxidation sites excluding steroid dienone is 2. The Morgan fingerprint density at radius 3 is 2.69 bits per heavy atom. The van der Waals surface area contributed by atoms with Gasteiger partial charge in [-0.15, -0.1) is 0 Å². The van der Waals surface area contributed by atoms with Crippen LogP contribution in [0.4, 0.5) is 0 Å². The number of hydrogen-bond donors (Lipinski definition) is 0. The van der Waals surface area contributed by atoms with Crippen molar-refractivity contribution in [1.29, 1.82) is 0 Å². The molecule has 2 aliphatic rings. The third-order valence-corrected chi connectivity index (χ3v) is 3.81. The molecule has 1 heterocycles. The molecular formula is C13H16N2O. The van der Waals surface area contributed by atoms with E-state index in [2.05, 4.69) is 17.3 Å². The van der Waals surface area contributed by atoms with Gasteiger partial charge in [-0.1, -0.05) is 12.2 Å². The monoisotopic (exact) mass is 216 g/mol. The second-order valence-corrected chi connectivity index (χ2v) is 5.06. The highest BCUT2D eigenvalue weighted by molar-refractivity contribution is 5.82. The molecule has 0 N–H and O–H groups in total. The fourth-order valence-electron chi connectivity index (χ4n) is 3.07. The van der Waals surface area contributed by atoms with E-state index in [4.69, 9.17) is 0 Å². The lowest BCUT2D eigenvalue weighted by Crippen LogP contribution is -2.26. The summed E-state index contributed by atoms with van der Waals surface area (Å²) in [5.41, 5.74) is 1.87. The number of rotatable bonds is 1. The molecule has 2 bridgehead atoms. The van der Waals surface area contributed by atoms with Crippen LogP contribution >= 0.6 is 0 Å². The van der Waals surface area contributed by atoms with Crippen molar-refractivity contribution in [2.24, 2.45) is 17.8 Å². The zero-order chi connectivity index (χ0) is 11.3. The topological polar surface area (TPSA) is 34.9 Å². The summed E-state index contributed by atoms with van der Waals surface area (Å²) in [4.78, 5) is 12.3. The number of aromatic nitrogens is 2. The Morgan fingerprint density at radius 2 is 2.19 bits per heavy atom. The normalized spacial score (nSPS) is 31.2. The van der Waals surface area contributed by atoms with Crippen molar-refractivity contribution < 1.29 is 4.79 Å². The molecule has 0 aromatic carbocycles. The molecule has 0 aliphatic heterocycles. The smallest absolute Gasteiger partial charge is 0.250 e. The lowest BCUT2D eigenvalue weighted by atomic mass is 9.93. The van der Waals surface area contributed by atoms with Crippen LogP contribution in [0.2, 0.25) is 0 Å². The Kier molecular flexibility index (Phi) is 2.03. The zero-order valence-corrected chi connectivity index (χ0v) is 9.68. The maximum atomic E-state index is 12.3. The molecule has 84 valence electrons. The van der Waals surface area contributed by atoms with E-state index in [1.807, 2.05) is 19.9 Å². The van der Waals surface area contributed by atoms with Crippen molar-refractivity contribution in [3.8, 4) is 0 Å². The van der Waals surface area contributed by atoms with Gasteiger partial charge in [0.2, 0.25) is 0 Å².